The molecule has 120 valence electrons. The molecular weight excluding hydrogens is 287 g/mol. The van der Waals surface area contributed by atoms with Crippen molar-refractivity contribution >= 4 is 17.5 Å². The smallest absolute Gasteiger partial charge is 0.249 e. The number of nitrogens with zero attached hydrogens (tertiary/aromatic N) is 1. The van der Waals surface area contributed by atoms with Crippen molar-refractivity contribution in [2.24, 2.45) is 0 Å². The van der Waals surface area contributed by atoms with Gasteiger partial charge in [0.05, 0.1) is 0 Å². The van der Waals surface area contributed by atoms with Crippen LogP contribution in [0.2, 0.25) is 0 Å². The SMILES string of the molecule is CC[C@@H](OC)C(=O)N[C@@H]1CCCN(c2cccc(F)c2)C1=O. The van der Waals surface area contributed by atoms with Gasteiger partial charge < -0.3 is 15.0 Å². The standard InChI is InChI=1S/C16H21FN2O3/c1-3-14(22-2)15(20)18-13-8-5-9-19(16(13)21)12-7-4-6-11(17)10-12/h4,6-7,10,13-14H,3,5,8-9H2,1-2H3,(H,18,20)/t13-,14-/m1/s1. The van der Waals surface area contributed by atoms with E-state index < -0.39 is 12.1 Å². The number of rotatable bonds is 5. The zero-order valence-corrected chi connectivity index (χ0v) is 12.8. The Morgan fingerprint density at radius 2 is 2.32 bits per heavy atom. The summed E-state index contributed by atoms with van der Waals surface area (Å²) >= 11 is 0. The molecule has 2 amide bonds. The van der Waals surface area contributed by atoms with Crippen molar-refractivity contribution in [3.63, 3.8) is 0 Å². The summed E-state index contributed by atoms with van der Waals surface area (Å²) in [7, 11) is 1.47. The van der Waals surface area contributed by atoms with Crippen LogP contribution in [-0.2, 0) is 14.3 Å². The zero-order chi connectivity index (χ0) is 16.1. The molecule has 1 aromatic rings. The lowest BCUT2D eigenvalue weighted by molar-refractivity contribution is -0.135. The Hall–Kier alpha value is -1.95. The number of nitrogens with one attached hydrogen (secondary N) is 1. The highest BCUT2D eigenvalue weighted by atomic mass is 19.1. The average Bonchev–Trinajstić information content (AvgIpc) is 2.50. The normalized spacial score (nSPS) is 19.9. The third-order valence-corrected chi connectivity index (χ3v) is 3.82. The van der Waals surface area contributed by atoms with Crippen LogP contribution in [0.5, 0.6) is 0 Å². The second-order valence-corrected chi connectivity index (χ2v) is 5.31. The first-order valence-electron chi connectivity index (χ1n) is 7.47. The minimum atomic E-state index is -0.589. The Labute approximate surface area is 129 Å². The van der Waals surface area contributed by atoms with E-state index >= 15 is 0 Å². The minimum Gasteiger partial charge on any atom is -0.372 e. The van der Waals surface area contributed by atoms with E-state index in [9.17, 15) is 14.0 Å². The lowest BCUT2D eigenvalue weighted by atomic mass is 10.0. The van der Waals surface area contributed by atoms with Crippen molar-refractivity contribution in [3.8, 4) is 0 Å². The molecule has 2 rings (SSSR count). The van der Waals surface area contributed by atoms with Crippen LogP contribution in [0.1, 0.15) is 26.2 Å². The molecule has 0 bridgehead atoms. The second-order valence-electron chi connectivity index (χ2n) is 5.31. The number of halogens is 1. The van der Waals surface area contributed by atoms with Crippen LogP contribution >= 0.6 is 0 Å². The number of amides is 2. The number of hydrogen-bond acceptors (Lipinski definition) is 3. The van der Waals surface area contributed by atoms with E-state index in [1.54, 1.807) is 12.1 Å². The van der Waals surface area contributed by atoms with Gasteiger partial charge in [0.25, 0.3) is 0 Å². The number of methoxy groups -OCH3 is 1. The average molecular weight is 308 g/mol. The van der Waals surface area contributed by atoms with Gasteiger partial charge in [0.1, 0.15) is 18.0 Å². The molecule has 6 heteroatoms. The van der Waals surface area contributed by atoms with E-state index in [-0.39, 0.29) is 17.6 Å². The monoisotopic (exact) mass is 308 g/mol. The van der Waals surface area contributed by atoms with Gasteiger partial charge in [-0.2, -0.15) is 0 Å². The van der Waals surface area contributed by atoms with E-state index in [0.717, 1.165) is 6.42 Å². The summed E-state index contributed by atoms with van der Waals surface area (Å²) < 4.78 is 18.4. The number of ether oxygens (including phenoxy) is 1. The van der Waals surface area contributed by atoms with Gasteiger partial charge in [0, 0.05) is 19.3 Å². The highest BCUT2D eigenvalue weighted by Crippen LogP contribution is 2.22. The van der Waals surface area contributed by atoms with Gasteiger partial charge in [-0.15, -0.1) is 0 Å². The van der Waals surface area contributed by atoms with Gasteiger partial charge in [-0.25, -0.2) is 4.39 Å². The highest BCUT2D eigenvalue weighted by molar-refractivity contribution is 6.00. The van der Waals surface area contributed by atoms with Crippen LogP contribution in [0, 0.1) is 5.82 Å². The molecule has 0 aromatic heterocycles. The number of benzene rings is 1. The molecule has 1 saturated heterocycles. The number of piperidine rings is 1. The van der Waals surface area contributed by atoms with Gasteiger partial charge in [-0.05, 0) is 37.5 Å². The lowest BCUT2D eigenvalue weighted by Gasteiger charge is -2.33. The van der Waals surface area contributed by atoms with Gasteiger partial charge in [0.15, 0.2) is 0 Å². The van der Waals surface area contributed by atoms with Gasteiger partial charge in [0.2, 0.25) is 11.8 Å². The first kappa shape index (κ1) is 16.4. The molecule has 1 aliphatic heterocycles. The van der Waals surface area contributed by atoms with Crippen LogP contribution < -0.4 is 10.2 Å². The molecule has 1 N–H and O–H groups in total. The molecule has 0 saturated carbocycles. The third-order valence-electron chi connectivity index (χ3n) is 3.82. The molecule has 0 spiro atoms. The van der Waals surface area contributed by atoms with Crippen molar-refractivity contribution in [2.75, 3.05) is 18.6 Å². The molecule has 5 nitrogen and oxygen atoms in total. The van der Waals surface area contributed by atoms with Crippen molar-refractivity contribution in [3.05, 3.63) is 30.1 Å². The maximum atomic E-state index is 13.3. The fourth-order valence-electron chi connectivity index (χ4n) is 2.63. The van der Waals surface area contributed by atoms with E-state index in [2.05, 4.69) is 5.32 Å². The predicted molar refractivity (Wildman–Crippen MR) is 81.0 cm³/mol. The Morgan fingerprint density at radius 1 is 1.55 bits per heavy atom. The largest absolute Gasteiger partial charge is 0.372 e. The van der Waals surface area contributed by atoms with Gasteiger partial charge in [-0.3, -0.25) is 9.59 Å². The molecule has 1 aliphatic rings. The Kier molecular flexibility index (Phi) is 5.49. The molecule has 1 aromatic carbocycles. The van der Waals surface area contributed by atoms with Crippen LogP contribution in [0.3, 0.4) is 0 Å². The quantitative estimate of drug-likeness (QED) is 0.903. The van der Waals surface area contributed by atoms with Crippen molar-refractivity contribution in [1.29, 1.82) is 0 Å². The second kappa shape index (κ2) is 7.35. The Morgan fingerprint density at radius 3 is 2.95 bits per heavy atom. The van der Waals surface area contributed by atoms with E-state index in [0.29, 0.717) is 25.1 Å². The van der Waals surface area contributed by atoms with Crippen molar-refractivity contribution < 1.29 is 18.7 Å². The van der Waals surface area contributed by atoms with Gasteiger partial charge >= 0.3 is 0 Å². The summed E-state index contributed by atoms with van der Waals surface area (Å²) in [5.74, 6) is -0.887. The summed E-state index contributed by atoms with van der Waals surface area (Å²) in [6, 6.07) is 5.33. The zero-order valence-electron chi connectivity index (χ0n) is 12.8. The first-order chi connectivity index (χ1) is 10.6. The number of anilines is 1. The van der Waals surface area contributed by atoms with E-state index in [1.165, 1.54) is 24.1 Å². The topological polar surface area (TPSA) is 58.6 Å². The number of carbonyl (C=O) groups excluding carboxylic acids is 2. The maximum Gasteiger partial charge on any atom is 0.249 e. The summed E-state index contributed by atoms with van der Waals surface area (Å²) in [6.07, 6.45) is 1.31. The Balaban J connectivity index is 2.08. The van der Waals surface area contributed by atoms with Crippen molar-refractivity contribution in [1.82, 2.24) is 5.32 Å². The van der Waals surface area contributed by atoms with Crippen LogP contribution in [0.15, 0.2) is 24.3 Å². The third kappa shape index (κ3) is 3.62. The predicted octanol–water partition coefficient (Wildman–Crippen LogP) is 1.86. The summed E-state index contributed by atoms with van der Waals surface area (Å²) in [5.41, 5.74) is 0.516. The van der Waals surface area contributed by atoms with Gasteiger partial charge in [-0.1, -0.05) is 13.0 Å². The molecule has 1 fully saturated rings. The molecule has 22 heavy (non-hydrogen) atoms. The Bertz CT molecular complexity index is 546. The van der Waals surface area contributed by atoms with Crippen molar-refractivity contribution in [2.45, 2.75) is 38.3 Å². The minimum absolute atomic E-state index is 0.212. The van der Waals surface area contributed by atoms with Crippen LogP contribution in [-0.4, -0.2) is 37.6 Å². The lowest BCUT2D eigenvalue weighted by Crippen LogP contribution is -2.54. The maximum absolute atomic E-state index is 13.3. The summed E-state index contributed by atoms with van der Waals surface area (Å²) in [5, 5.41) is 2.74. The molecule has 2 atom stereocenters. The van der Waals surface area contributed by atoms with Crippen LogP contribution in [0.4, 0.5) is 10.1 Å². The molecule has 0 aliphatic carbocycles. The fraction of sp³-hybridized carbons (Fsp3) is 0.500. The summed E-state index contributed by atoms with van der Waals surface area (Å²) in [4.78, 5) is 26.1. The molecule has 1 heterocycles. The van der Waals surface area contributed by atoms with E-state index in [1.807, 2.05) is 6.92 Å². The summed E-state index contributed by atoms with van der Waals surface area (Å²) in [6.45, 7) is 2.37. The molecular formula is C16H21FN2O3. The first-order valence-corrected chi connectivity index (χ1v) is 7.47. The number of carbonyl (C=O) groups is 2. The van der Waals surface area contributed by atoms with E-state index in [4.69, 9.17) is 4.74 Å². The fourth-order valence-corrected chi connectivity index (χ4v) is 2.63. The number of hydrogen-bond donors (Lipinski definition) is 1. The highest BCUT2D eigenvalue weighted by Gasteiger charge is 2.32. The molecule has 0 unspecified atom stereocenters. The molecule has 0 radical (unpaired) electrons. The van der Waals surface area contributed by atoms with Crippen LogP contribution in [0.25, 0.3) is 0 Å².